The highest BCUT2D eigenvalue weighted by atomic mass is 28.4. The number of benzene rings is 1. The van der Waals surface area contributed by atoms with Gasteiger partial charge in [-0.05, 0) is 68.2 Å². The summed E-state index contributed by atoms with van der Waals surface area (Å²) in [5, 5.41) is 0.172. The van der Waals surface area contributed by atoms with Crippen LogP contribution in [0.25, 0.3) is 0 Å². The van der Waals surface area contributed by atoms with Gasteiger partial charge in [0.25, 0.3) is 0 Å². The van der Waals surface area contributed by atoms with E-state index in [2.05, 4.69) is 102 Å². The lowest BCUT2D eigenvalue weighted by molar-refractivity contribution is -0.113. The zero-order chi connectivity index (χ0) is 25.9. The van der Waals surface area contributed by atoms with E-state index in [4.69, 9.17) is 18.3 Å². The molecule has 5 atom stereocenters. The van der Waals surface area contributed by atoms with Crippen LogP contribution in [0.2, 0.25) is 37.8 Å². The summed E-state index contributed by atoms with van der Waals surface area (Å²) >= 11 is 0. The van der Waals surface area contributed by atoms with Crippen LogP contribution in [0.15, 0.2) is 54.3 Å². The molecular weight excluding hydrogens is 468 g/mol. The zero-order valence-electron chi connectivity index (χ0n) is 23.5. The van der Waals surface area contributed by atoms with Gasteiger partial charge in [-0.15, -0.1) is 0 Å². The Bertz CT molecular complexity index is 867. The molecule has 0 bridgehead atoms. The van der Waals surface area contributed by atoms with Crippen molar-refractivity contribution in [3.05, 3.63) is 59.9 Å². The van der Waals surface area contributed by atoms with Gasteiger partial charge < -0.3 is 18.3 Å². The van der Waals surface area contributed by atoms with Crippen LogP contribution in [0.5, 0.6) is 0 Å². The fraction of sp³-hybridized carbons (Fsp3) is 0.655. The van der Waals surface area contributed by atoms with Gasteiger partial charge in [0, 0.05) is 25.4 Å². The van der Waals surface area contributed by atoms with Crippen molar-refractivity contribution >= 4 is 16.6 Å². The van der Waals surface area contributed by atoms with E-state index in [1.54, 1.807) is 7.11 Å². The van der Waals surface area contributed by atoms with Gasteiger partial charge in [0.1, 0.15) is 0 Å². The summed E-state index contributed by atoms with van der Waals surface area (Å²) in [6.45, 7) is 18.3. The summed E-state index contributed by atoms with van der Waals surface area (Å²) in [6.07, 6.45) is 10.8. The summed E-state index contributed by atoms with van der Waals surface area (Å²) < 4.78 is 24.9. The highest BCUT2D eigenvalue weighted by molar-refractivity contribution is 6.74. The lowest BCUT2D eigenvalue weighted by atomic mass is 9.90. The van der Waals surface area contributed by atoms with E-state index in [1.165, 1.54) is 11.1 Å². The van der Waals surface area contributed by atoms with Gasteiger partial charge >= 0.3 is 0 Å². The van der Waals surface area contributed by atoms with Crippen molar-refractivity contribution in [2.24, 2.45) is 11.8 Å². The van der Waals surface area contributed by atoms with Crippen molar-refractivity contribution in [3.63, 3.8) is 0 Å². The number of ether oxygens (including phenoxy) is 2. The molecule has 4 nitrogen and oxygen atoms in total. The summed E-state index contributed by atoms with van der Waals surface area (Å²) in [5.74, 6) is 0.731. The molecule has 0 amide bonds. The van der Waals surface area contributed by atoms with Crippen LogP contribution in [0, 0.1) is 11.8 Å². The van der Waals surface area contributed by atoms with Gasteiger partial charge in [-0.25, -0.2) is 0 Å². The van der Waals surface area contributed by atoms with Crippen molar-refractivity contribution < 1.29 is 18.3 Å². The van der Waals surface area contributed by atoms with Crippen LogP contribution < -0.4 is 0 Å². The molecule has 1 aromatic carbocycles. The Labute approximate surface area is 216 Å². The molecule has 0 spiro atoms. The Kier molecular flexibility index (Phi) is 9.30. The van der Waals surface area contributed by atoms with E-state index in [0.29, 0.717) is 11.8 Å². The molecule has 0 radical (unpaired) electrons. The highest BCUT2D eigenvalue weighted by Gasteiger charge is 2.46. The van der Waals surface area contributed by atoms with Crippen molar-refractivity contribution in [3.8, 4) is 0 Å². The van der Waals surface area contributed by atoms with Crippen LogP contribution in [-0.2, 0) is 24.7 Å². The molecule has 1 saturated carbocycles. The topological polar surface area (TPSA) is 36.9 Å². The van der Waals surface area contributed by atoms with Gasteiger partial charge in [-0.3, -0.25) is 0 Å². The van der Waals surface area contributed by atoms with Gasteiger partial charge in [0.2, 0.25) is 8.32 Å². The molecule has 0 aromatic heterocycles. The summed E-state index contributed by atoms with van der Waals surface area (Å²) in [5.41, 5.74) is 2.71. The number of fused-ring (bicyclic) bond motifs is 1. The second kappa shape index (κ2) is 11.5. The maximum atomic E-state index is 6.94. The van der Waals surface area contributed by atoms with E-state index < -0.39 is 16.6 Å². The van der Waals surface area contributed by atoms with Gasteiger partial charge in [0.05, 0.1) is 18.5 Å². The average Bonchev–Trinajstić information content (AvgIpc) is 3.31. The third-order valence-electron chi connectivity index (χ3n) is 7.77. The second-order valence-corrected chi connectivity index (χ2v) is 21.9. The van der Waals surface area contributed by atoms with Gasteiger partial charge in [-0.2, -0.15) is 0 Å². The summed E-state index contributed by atoms with van der Waals surface area (Å²) in [6, 6.07) is 10.7. The van der Waals surface area contributed by atoms with Crippen LogP contribution in [0.1, 0.15) is 45.6 Å². The Morgan fingerprint density at radius 3 is 2.37 bits per heavy atom. The Balaban J connectivity index is 1.83. The number of allylic oxidation sites excluding steroid dienone is 1. The third kappa shape index (κ3) is 7.90. The quantitative estimate of drug-likeness (QED) is 0.181. The number of hydrogen-bond acceptors (Lipinski definition) is 4. The molecule has 0 N–H and O–H groups in total. The fourth-order valence-corrected chi connectivity index (χ4v) is 6.50. The Morgan fingerprint density at radius 1 is 1.09 bits per heavy atom. The Morgan fingerprint density at radius 2 is 1.77 bits per heavy atom. The first-order chi connectivity index (χ1) is 16.3. The van der Waals surface area contributed by atoms with E-state index in [0.717, 1.165) is 25.7 Å². The molecule has 196 valence electrons. The molecule has 1 aliphatic carbocycles. The largest absolute Gasteiger partial charge is 0.550 e. The van der Waals surface area contributed by atoms with Crippen molar-refractivity contribution in [2.45, 2.75) is 103 Å². The van der Waals surface area contributed by atoms with Gasteiger partial charge in [-0.1, -0.05) is 63.3 Å². The number of aryl methyl sites for hydroxylation is 1. The summed E-state index contributed by atoms with van der Waals surface area (Å²) in [4.78, 5) is 0. The molecular formula is C29H48O4Si2. The molecule has 2 fully saturated rings. The molecule has 1 unspecified atom stereocenters. The number of rotatable bonds is 10. The van der Waals surface area contributed by atoms with Crippen LogP contribution in [-0.4, -0.2) is 42.2 Å². The second-order valence-electron chi connectivity index (χ2n) is 12.7. The lowest BCUT2D eigenvalue weighted by Crippen LogP contribution is -2.43. The maximum Gasteiger partial charge on any atom is 0.241 e. The van der Waals surface area contributed by atoms with E-state index in [1.807, 2.05) is 0 Å². The molecule has 2 aliphatic rings. The van der Waals surface area contributed by atoms with E-state index in [-0.39, 0.29) is 23.5 Å². The number of hydrogen-bond donors (Lipinski definition) is 0. The molecule has 1 aliphatic heterocycles. The van der Waals surface area contributed by atoms with Crippen molar-refractivity contribution in [2.75, 3.05) is 7.11 Å². The predicted octanol–water partition coefficient (Wildman–Crippen LogP) is 7.70. The lowest BCUT2D eigenvalue weighted by Gasteiger charge is -2.38. The zero-order valence-corrected chi connectivity index (χ0v) is 25.5. The average molecular weight is 517 g/mol. The Hall–Kier alpha value is -1.19. The smallest absolute Gasteiger partial charge is 0.241 e. The van der Waals surface area contributed by atoms with Crippen molar-refractivity contribution in [1.82, 2.24) is 0 Å². The molecule has 35 heavy (non-hydrogen) atoms. The van der Waals surface area contributed by atoms with Gasteiger partial charge in [0.15, 0.2) is 14.6 Å². The predicted molar refractivity (Wildman–Crippen MR) is 150 cm³/mol. The van der Waals surface area contributed by atoms with Crippen LogP contribution in [0.3, 0.4) is 0 Å². The first-order valence-corrected chi connectivity index (χ1v) is 19.6. The standard InChI is InChI=1S/C29H48O4Si2/c1-29(2,3)35(8,9)33-24(16-15-22-13-11-10-12-14-22)17-18-25-23(21-31-34(5,6)7)19-27-26(25)20-28(30-4)32-27/h10-14,17-18,21,24-28H,15-16,19-20H2,1-9H3/b18-17+,23-21?/t24-,25-,26+,27-,28?/m0/s1. The normalized spacial score (nSPS) is 27.5. The molecule has 3 rings (SSSR count). The summed E-state index contributed by atoms with van der Waals surface area (Å²) in [7, 11) is -1.81. The highest BCUT2D eigenvalue weighted by Crippen LogP contribution is 2.47. The first kappa shape index (κ1) is 28.4. The fourth-order valence-electron chi connectivity index (χ4n) is 4.69. The third-order valence-corrected chi connectivity index (χ3v) is 13.1. The van der Waals surface area contributed by atoms with Crippen LogP contribution in [0.4, 0.5) is 0 Å². The molecule has 1 aromatic rings. The molecule has 1 heterocycles. The molecule has 1 saturated heterocycles. The monoisotopic (exact) mass is 516 g/mol. The minimum Gasteiger partial charge on any atom is -0.550 e. The molecule has 6 heteroatoms. The minimum absolute atomic E-state index is 0.0925. The maximum absolute atomic E-state index is 6.94. The van der Waals surface area contributed by atoms with E-state index >= 15 is 0 Å². The number of methoxy groups -OCH3 is 1. The van der Waals surface area contributed by atoms with E-state index in [9.17, 15) is 0 Å². The first-order valence-electron chi connectivity index (χ1n) is 13.2. The minimum atomic E-state index is -1.91. The van der Waals surface area contributed by atoms with Crippen LogP contribution >= 0.6 is 0 Å². The van der Waals surface area contributed by atoms with Crippen molar-refractivity contribution in [1.29, 1.82) is 0 Å². The SMILES string of the molecule is COC1C[C@H]2[C@H](CC(=CO[Si](C)(C)C)[C@@H]2/C=C/[C@H](CCc2ccccc2)O[Si](C)(C)C(C)(C)C)O1.